The Hall–Kier alpha value is -2.94. The van der Waals surface area contributed by atoms with Crippen LogP contribution in [0.15, 0.2) is 53.6 Å². The third kappa shape index (κ3) is 2.48. The Morgan fingerprint density at radius 1 is 1.17 bits per heavy atom. The minimum atomic E-state index is -4.08. The lowest BCUT2D eigenvalue weighted by Gasteiger charge is -2.09. The highest BCUT2D eigenvalue weighted by Gasteiger charge is 2.24. The molecule has 9 heteroatoms. The number of benzene rings is 2. The van der Waals surface area contributed by atoms with Crippen LogP contribution in [-0.2, 0) is 10.0 Å². The van der Waals surface area contributed by atoms with Crippen molar-refractivity contribution in [1.82, 2.24) is 3.97 Å². The SMILES string of the molecule is COc1ccc(S(=O)(=O)n2ccc3cc(F)ccc32)cc1[N+](=O)[O-]. The van der Waals surface area contributed by atoms with Crippen LogP contribution in [0.1, 0.15) is 0 Å². The van der Waals surface area contributed by atoms with E-state index in [1.54, 1.807) is 0 Å². The van der Waals surface area contributed by atoms with Gasteiger partial charge in [0.1, 0.15) is 5.82 Å². The van der Waals surface area contributed by atoms with Crippen LogP contribution in [0, 0.1) is 15.9 Å². The Bertz CT molecular complexity index is 1060. The van der Waals surface area contributed by atoms with E-state index < -0.39 is 26.5 Å². The summed E-state index contributed by atoms with van der Waals surface area (Å²) in [5.41, 5.74) is -0.184. The lowest BCUT2D eigenvalue weighted by molar-refractivity contribution is -0.386. The fraction of sp³-hybridized carbons (Fsp3) is 0.0667. The van der Waals surface area contributed by atoms with Crippen molar-refractivity contribution in [3.63, 3.8) is 0 Å². The van der Waals surface area contributed by atoms with Crippen LogP contribution in [0.3, 0.4) is 0 Å². The molecule has 0 radical (unpaired) electrons. The second kappa shape index (κ2) is 5.60. The quantitative estimate of drug-likeness (QED) is 0.533. The molecular formula is C15H11FN2O5S. The van der Waals surface area contributed by atoms with Crippen LogP contribution >= 0.6 is 0 Å². The molecule has 3 rings (SSSR count). The number of hydrogen-bond acceptors (Lipinski definition) is 5. The average molecular weight is 350 g/mol. The summed E-state index contributed by atoms with van der Waals surface area (Å²) in [5, 5.41) is 11.5. The highest BCUT2D eigenvalue weighted by atomic mass is 32.2. The van der Waals surface area contributed by atoms with Crippen molar-refractivity contribution in [3.8, 4) is 5.75 Å². The third-order valence-corrected chi connectivity index (χ3v) is 5.21. The molecule has 0 spiro atoms. The van der Waals surface area contributed by atoms with Gasteiger partial charge in [0, 0.05) is 17.6 Å². The molecule has 0 atom stereocenters. The first kappa shape index (κ1) is 15.9. The molecule has 0 saturated heterocycles. The van der Waals surface area contributed by atoms with Crippen molar-refractivity contribution in [2.75, 3.05) is 7.11 Å². The second-order valence-electron chi connectivity index (χ2n) is 4.91. The number of ether oxygens (including phenoxy) is 1. The molecule has 2 aromatic carbocycles. The normalized spacial score (nSPS) is 11.6. The van der Waals surface area contributed by atoms with Gasteiger partial charge in [-0.1, -0.05) is 0 Å². The molecule has 0 N–H and O–H groups in total. The Morgan fingerprint density at radius 2 is 1.92 bits per heavy atom. The van der Waals surface area contributed by atoms with Gasteiger partial charge in [-0.15, -0.1) is 0 Å². The predicted molar refractivity (Wildman–Crippen MR) is 84.1 cm³/mol. The molecule has 1 heterocycles. The van der Waals surface area contributed by atoms with Crippen LogP contribution in [0.4, 0.5) is 10.1 Å². The number of fused-ring (bicyclic) bond motifs is 1. The number of hydrogen-bond donors (Lipinski definition) is 0. The predicted octanol–water partition coefficient (Wildman–Crippen LogP) is 2.93. The van der Waals surface area contributed by atoms with E-state index in [0.717, 1.165) is 16.1 Å². The molecule has 0 amide bonds. The zero-order chi connectivity index (χ0) is 17.5. The molecule has 24 heavy (non-hydrogen) atoms. The summed E-state index contributed by atoms with van der Waals surface area (Å²) in [6.07, 6.45) is 1.27. The molecule has 124 valence electrons. The minimum absolute atomic E-state index is 0.0432. The zero-order valence-electron chi connectivity index (χ0n) is 12.3. The summed E-state index contributed by atoms with van der Waals surface area (Å²) in [6, 6.07) is 8.51. The second-order valence-corrected chi connectivity index (χ2v) is 6.73. The summed E-state index contributed by atoms with van der Waals surface area (Å²) >= 11 is 0. The van der Waals surface area contributed by atoms with E-state index in [2.05, 4.69) is 0 Å². The first-order chi connectivity index (χ1) is 11.3. The molecule has 0 bridgehead atoms. The molecule has 1 aromatic heterocycles. The molecule has 0 fully saturated rings. The number of nitrogens with zero attached hydrogens (tertiary/aromatic N) is 2. The molecule has 7 nitrogen and oxygen atoms in total. The van der Waals surface area contributed by atoms with E-state index in [0.29, 0.717) is 5.39 Å². The van der Waals surface area contributed by atoms with Crippen molar-refractivity contribution in [3.05, 3.63) is 64.6 Å². The fourth-order valence-electron chi connectivity index (χ4n) is 2.38. The Kier molecular flexibility index (Phi) is 3.72. The summed E-state index contributed by atoms with van der Waals surface area (Å²) in [7, 11) is -2.83. The molecule has 0 aliphatic carbocycles. The van der Waals surface area contributed by atoms with Gasteiger partial charge < -0.3 is 4.74 Å². The fourth-order valence-corrected chi connectivity index (χ4v) is 3.76. The topological polar surface area (TPSA) is 91.4 Å². The van der Waals surface area contributed by atoms with Gasteiger partial charge in [0.15, 0.2) is 5.75 Å². The number of halogens is 1. The van der Waals surface area contributed by atoms with Gasteiger partial charge in [-0.05, 0) is 36.4 Å². The van der Waals surface area contributed by atoms with Crippen molar-refractivity contribution in [2.24, 2.45) is 0 Å². The van der Waals surface area contributed by atoms with Gasteiger partial charge in [0.25, 0.3) is 10.0 Å². The monoisotopic (exact) mass is 350 g/mol. The average Bonchev–Trinajstić information content (AvgIpc) is 2.97. The number of nitro benzene ring substituents is 1. The number of rotatable bonds is 4. The maximum Gasteiger partial charge on any atom is 0.312 e. The Balaban J connectivity index is 2.20. The van der Waals surface area contributed by atoms with E-state index in [4.69, 9.17) is 4.74 Å². The molecular weight excluding hydrogens is 339 g/mol. The van der Waals surface area contributed by atoms with Gasteiger partial charge >= 0.3 is 5.69 Å². The third-order valence-electron chi connectivity index (χ3n) is 3.52. The van der Waals surface area contributed by atoms with Gasteiger partial charge in [-0.25, -0.2) is 16.8 Å². The highest BCUT2D eigenvalue weighted by molar-refractivity contribution is 7.90. The van der Waals surface area contributed by atoms with Crippen LogP contribution in [-0.4, -0.2) is 24.4 Å². The highest BCUT2D eigenvalue weighted by Crippen LogP contribution is 2.31. The molecule has 0 unspecified atom stereocenters. The first-order valence-corrected chi connectivity index (χ1v) is 8.13. The van der Waals surface area contributed by atoms with Gasteiger partial charge in [-0.3, -0.25) is 10.1 Å². The molecule has 0 aliphatic heterocycles. The van der Waals surface area contributed by atoms with Crippen LogP contribution < -0.4 is 4.74 Å². The molecule has 0 aliphatic rings. The van der Waals surface area contributed by atoms with Crippen LogP contribution in [0.25, 0.3) is 10.9 Å². The van der Waals surface area contributed by atoms with Crippen LogP contribution in [0.2, 0.25) is 0 Å². The minimum Gasteiger partial charge on any atom is -0.490 e. The largest absolute Gasteiger partial charge is 0.490 e. The van der Waals surface area contributed by atoms with Gasteiger partial charge in [0.2, 0.25) is 0 Å². The summed E-state index contributed by atoms with van der Waals surface area (Å²) < 4.78 is 44.6. The summed E-state index contributed by atoms with van der Waals surface area (Å²) in [6.45, 7) is 0. The number of aromatic nitrogens is 1. The van der Waals surface area contributed by atoms with E-state index in [1.165, 1.54) is 43.6 Å². The van der Waals surface area contributed by atoms with E-state index in [1.807, 2.05) is 0 Å². The number of methoxy groups -OCH3 is 1. The van der Waals surface area contributed by atoms with Gasteiger partial charge in [-0.2, -0.15) is 0 Å². The Morgan fingerprint density at radius 3 is 2.58 bits per heavy atom. The van der Waals surface area contributed by atoms with Crippen LogP contribution in [0.5, 0.6) is 5.75 Å². The smallest absolute Gasteiger partial charge is 0.312 e. The lowest BCUT2D eigenvalue weighted by atomic mass is 10.2. The van der Waals surface area contributed by atoms with Crippen molar-refractivity contribution < 1.29 is 22.5 Å². The van der Waals surface area contributed by atoms with Crippen molar-refractivity contribution in [1.29, 1.82) is 0 Å². The maximum absolute atomic E-state index is 13.2. The van der Waals surface area contributed by atoms with E-state index in [-0.39, 0.29) is 16.2 Å². The standard InChI is InChI=1S/C15H11FN2O5S/c1-23-15-5-3-12(9-14(15)18(19)20)24(21,22)17-7-6-10-8-11(16)2-4-13(10)17/h2-9H,1H3. The summed E-state index contributed by atoms with van der Waals surface area (Å²) in [5.74, 6) is -0.531. The lowest BCUT2D eigenvalue weighted by Crippen LogP contribution is -2.12. The number of nitro groups is 1. The first-order valence-electron chi connectivity index (χ1n) is 6.69. The Labute approximate surface area is 136 Å². The van der Waals surface area contributed by atoms with E-state index >= 15 is 0 Å². The van der Waals surface area contributed by atoms with Crippen molar-refractivity contribution in [2.45, 2.75) is 4.90 Å². The van der Waals surface area contributed by atoms with Crippen molar-refractivity contribution >= 4 is 26.6 Å². The molecule has 0 saturated carbocycles. The zero-order valence-corrected chi connectivity index (χ0v) is 13.2. The maximum atomic E-state index is 13.2. The molecule has 3 aromatic rings. The van der Waals surface area contributed by atoms with E-state index in [9.17, 15) is 22.9 Å². The van der Waals surface area contributed by atoms with Gasteiger partial charge in [0.05, 0.1) is 22.4 Å². The summed E-state index contributed by atoms with van der Waals surface area (Å²) in [4.78, 5) is 10.1.